The molecule has 1 atom stereocenters. The molecule has 0 amide bonds. The number of hydrogen-bond donors (Lipinski definition) is 3. The summed E-state index contributed by atoms with van der Waals surface area (Å²) in [6, 6.07) is 8.55. The highest BCUT2D eigenvalue weighted by molar-refractivity contribution is 6.31. The lowest BCUT2D eigenvalue weighted by atomic mass is 9.89. The molecule has 2 fully saturated rings. The molecule has 9 heteroatoms. The number of nitrogens with zero attached hydrogens (tertiary/aromatic N) is 2. The van der Waals surface area contributed by atoms with Crippen LogP contribution in [0.5, 0.6) is 11.6 Å². The molecule has 2 aliphatic rings. The number of aliphatic hydroxyl groups excluding tert-OH is 1. The number of phenolic OH excluding ortho intramolecular Hbond substituents is 1. The fourth-order valence-corrected chi connectivity index (χ4v) is 6.35. The Hall–Kier alpha value is -2.88. The Morgan fingerprint density at radius 1 is 1.08 bits per heavy atom. The van der Waals surface area contributed by atoms with Crippen LogP contribution in [0.3, 0.4) is 0 Å². The molecule has 1 saturated carbocycles. The van der Waals surface area contributed by atoms with Gasteiger partial charge in [-0.3, -0.25) is 4.90 Å². The first-order valence-electron chi connectivity index (χ1n) is 13.6. The van der Waals surface area contributed by atoms with Gasteiger partial charge in [0.25, 0.3) is 0 Å². The predicted octanol–water partition coefficient (Wildman–Crippen LogP) is 5.70. The van der Waals surface area contributed by atoms with Gasteiger partial charge in [0.2, 0.25) is 5.88 Å². The lowest BCUT2D eigenvalue weighted by Crippen LogP contribution is -2.39. The first-order valence-corrected chi connectivity index (χ1v) is 14.0. The fraction of sp³-hybridized carbons (Fsp3) is 0.433. The third-order valence-electron chi connectivity index (χ3n) is 8.11. The Kier molecular flexibility index (Phi) is 7.64. The number of pyridine rings is 1. The maximum absolute atomic E-state index is 11.8. The Bertz CT molecular complexity index is 1460. The Morgan fingerprint density at radius 3 is 2.64 bits per heavy atom. The summed E-state index contributed by atoms with van der Waals surface area (Å²) < 4.78 is 17.6. The van der Waals surface area contributed by atoms with Gasteiger partial charge in [0.1, 0.15) is 17.6 Å². The maximum Gasteiger partial charge on any atom is 0.213 e. The first kappa shape index (κ1) is 26.3. The van der Waals surface area contributed by atoms with Crippen LogP contribution in [0.4, 0.5) is 0 Å². The van der Waals surface area contributed by atoms with Crippen LogP contribution in [0.15, 0.2) is 47.2 Å². The molecule has 3 heterocycles. The molecule has 6 rings (SSSR count). The van der Waals surface area contributed by atoms with E-state index in [2.05, 4.69) is 9.88 Å². The van der Waals surface area contributed by atoms with Crippen LogP contribution in [-0.2, 0) is 4.74 Å². The van der Waals surface area contributed by atoms with Crippen molar-refractivity contribution in [1.29, 1.82) is 0 Å². The van der Waals surface area contributed by atoms with Gasteiger partial charge in [-0.05, 0) is 42.2 Å². The molecule has 39 heavy (non-hydrogen) atoms. The first-order chi connectivity index (χ1) is 19.0. The van der Waals surface area contributed by atoms with Crippen LogP contribution >= 0.6 is 11.6 Å². The molecule has 1 saturated heterocycles. The van der Waals surface area contributed by atoms with E-state index in [1.54, 1.807) is 24.4 Å². The zero-order chi connectivity index (χ0) is 26.9. The van der Waals surface area contributed by atoms with E-state index in [4.69, 9.17) is 25.5 Å². The van der Waals surface area contributed by atoms with E-state index in [-0.39, 0.29) is 11.3 Å². The summed E-state index contributed by atoms with van der Waals surface area (Å²) in [7, 11) is 0. The van der Waals surface area contributed by atoms with Crippen LogP contribution in [-0.4, -0.2) is 58.1 Å². The number of furan rings is 1. The molecular weight excluding hydrogens is 520 g/mol. The monoisotopic (exact) mass is 552 g/mol. The number of aromatic hydroxyl groups is 1. The molecule has 3 N–H and O–H groups in total. The summed E-state index contributed by atoms with van der Waals surface area (Å²) in [6.45, 7) is 2.92. The second kappa shape index (κ2) is 11.3. The van der Waals surface area contributed by atoms with E-state index in [9.17, 15) is 15.3 Å². The van der Waals surface area contributed by atoms with Crippen LogP contribution in [0.25, 0.3) is 21.7 Å². The van der Waals surface area contributed by atoms with Crippen molar-refractivity contribution in [1.82, 2.24) is 9.88 Å². The van der Waals surface area contributed by atoms with Crippen molar-refractivity contribution in [3.63, 3.8) is 0 Å². The highest BCUT2D eigenvalue weighted by Gasteiger charge is 2.33. The van der Waals surface area contributed by atoms with Crippen molar-refractivity contribution >= 4 is 33.3 Å². The van der Waals surface area contributed by atoms with Gasteiger partial charge >= 0.3 is 0 Å². The second-order valence-electron chi connectivity index (χ2n) is 10.5. The van der Waals surface area contributed by atoms with E-state index in [1.807, 2.05) is 12.1 Å². The van der Waals surface area contributed by atoms with Crippen molar-refractivity contribution < 1.29 is 29.2 Å². The summed E-state index contributed by atoms with van der Waals surface area (Å²) in [5.74, 6) is 1.26. The van der Waals surface area contributed by atoms with Gasteiger partial charge in [-0.2, -0.15) is 0 Å². The molecule has 206 valence electrons. The fourth-order valence-electron chi connectivity index (χ4n) is 6.18. The minimum absolute atomic E-state index is 0.0142. The molecule has 8 nitrogen and oxygen atoms in total. The number of rotatable bonds is 8. The zero-order valence-corrected chi connectivity index (χ0v) is 22.4. The Balaban J connectivity index is 1.49. The Labute approximate surface area is 231 Å². The van der Waals surface area contributed by atoms with Crippen molar-refractivity contribution in [2.75, 3.05) is 32.9 Å². The summed E-state index contributed by atoms with van der Waals surface area (Å²) >= 11 is 6.34. The van der Waals surface area contributed by atoms with Crippen molar-refractivity contribution in [2.24, 2.45) is 5.92 Å². The number of phenols is 1. The van der Waals surface area contributed by atoms with Gasteiger partial charge in [0, 0.05) is 52.1 Å². The van der Waals surface area contributed by atoms with Gasteiger partial charge in [-0.1, -0.05) is 37.3 Å². The molecule has 4 aromatic rings. The zero-order valence-electron chi connectivity index (χ0n) is 21.7. The molecule has 2 aromatic heterocycles. The summed E-state index contributed by atoms with van der Waals surface area (Å²) in [5.41, 5.74) is 2.02. The number of fused-ring (bicyclic) bond motifs is 3. The summed E-state index contributed by atoms with van der Waals surface area (Å²) in [4.78, 5) is 6.68. The highest BCUT2D eigenvalue weighted by atomic mass is 35.5. The van der Waals surface area contributed by atoms with Crippen molar-refractivity contribution in [3.8, 4) is 11.6 Å². The van der Waals surface area contributed by atoms with Crippen molar-refractivity contribution in [3.05, 3.63) is 64.5 Å². The lowest BCUT2D eigenvalue weighted by Gasteiger charge is -2.36. The smallest absolute Gasteiger partial charge is 0.213 e. The van der Waals surface area contributed by atoms with E-state index in [1.165, 1.54) is 31.9 Å². The van der Waals surface area contributed by atoms with Gasteiger partial charge in [-0.15, -0.1) is 0 Å². The Morgan fingerprint density at radius 2 is 1.87 bits per heavy atom. The van der Waals surface area contributed by atoms with E-state index in [0.29, 0.717) is 77.0 Å². The van der Waals surface area contributed by atoms with E-state index in [0.717, 1.165) is 12.0 Å². The SMILES string of the molecule is Oc1c(C(c2ccnc(OCCC3CCCC3)c2)N2CCOCC2)c2c(C(O)O)coc2c2ccc(Cl)cc12. The van der Waals surface area contributed by atoms with Gasteiger partial charge in [0.15, 0.2) is 6.29 Å². The van der Waals surface area contributed by atoms with Crippen LogP contribution < -0.4 is 4.74 Å². The summed E-state index contributed by atoms with van der Waals surface area (Å²) in [6.07, 6.45) is 7.41. The molecule has 1 aliphatic carbocycles. The molecule has 1 aliphatic heterocycles. The average molecular weight is 553 g/mol. The van der Waals surface area contributed by atoms with Crippen LogP contribution in [0.2, 0.25) is 5.02 Å². The third-order valence-corrected chi connectivity index (χ3v) is 8.35. The van der Waals surface area contributed by atoms with Crippen LogP contribution in [0.1, 0.15) is 61.1 Å². The second-order valence-corrected chi connectivity index (χ2v) is 10.9. The number of aromatic nitrogens is 1. The van der Waals surface area contributed by atoms with E-state index < -0.39 is 12.3 Å². The molecule has 1 unspecified atom stereocenters. The number of morpholine rings is 1. The average Bonchev–Trinajstić information content (AvgIpc) is 3.62. The number of halogens is 1. The number of benzene rings is 2. The standard InChI is InChI=1S/C30H33ClN2O6/c31-20-5-6-21-22(16-20)28(34)26(25-23(30(35)36)17-39-29(21)25)27(33-10-13-37-14-11-33)19-7-9-32-24(15-19)38-12-8-18-3-1-2-4-18/h5-7,9,15-18,27,30,34-36H,1-4,8,10-14H2. The van der Waals surface area contributed by atoms with Gasteiger partial charge in [0.05, 0.1) is 31.4 Å². The molecule has 2 aromatic carbocycles. The quantitative estimate of drug-likeness (QED) is 0.239. The number of ether oxygens (including phenoxy) is 2. The topological polar surface area (TPSA) is 108 Å². The van der Waals surface area contributed by atoms with Crippen LogP contribution in [0, 0.1) is 5.92 Å². The third kappa shape index (κ3) is 5.19. The lowest BCUT2D eigenvalue weighted by molar-refractivity contribution is -0.0419. The van der Waals surface area contributed by atoms with Crippen molar-refractivity contribution in [2.45, 2.75) is 44.4 Å². The number of aliphatic hydroxyl groups is 2. The molecule has 0 radical (unpaired) electrons. The molecule has 0 spiro atoms. The minimum atomic E-state index is -1.79. The summed E-state index contributed by atoms with van der Waals surface area (Å²) in [5, 5.41) is 34.5. The number of hydrogen-bond acceptors (Lipinski definition) is 8. The normalized spacial score (nSPS) is 17.9. The van der Waals surface area contributed by atoms with Gasteiger partial charge in [-0.25, -0.2) is 4.98 Å². The highest BCUT2D eigenvalue weighted by Crippen LogP contribution is 2.48. The minimum Gasteiger partial charge on any atom is -0.507 e. The molecule has 0 bridgehead atoms. The van der Waals surface area contributed by atoms with E-state index >= 15 is 0 Å². The predicted molar refractivity (Wildman–Crippen MR) is 148 cm³/mol. The van der Waals surface area contributed by atoms with Gasteiger partial charge < -0.3 is 29.2 Å². The largest absolute Gasteiger partial charge is 0.507 e. The maximum atomic E-state index is 11.8. The molecular formula is C30H33ClN2O6.